The number of nitrogens with zero attached hydrogens (tertiary/aromatic N) is 3. The highest BCUT2D eigenvalue weighted by molar-refractivity contribution is 5.92. The summed E-state index contributed by atoms with van der Waals surface area (Å²) in [6.07, 6.45) is 2.45. The maximum atomic E-state index is 10.3. The number of aliphatic hydroxyl groups excluding tert-OH is 2. The second kappa shape index (κ2) is 11.3. The molecule has 3 aromatic rings. The van der Waals surface area contributed by atoms with Crippen molar-refractivity contribution in [3.8, 4) is 17.0 Å². The van der Waals surface area contributed by atoms with Crippen LogP contribution in [0.3, 0.4) is 0 Å². The van der Waals surface area contributed by atoms with Gasteiger partial charge in [-0.2, -0.15) is 5.10 Å². The monoisotopic (exact) mass is 483 g/mol. The predicted octanol–water partition coefficient (Wildman–Crippen LogP) is 3.28. The van der Waals surface area contributed by atoms with E-state index in [1.807, 2.05) is 29.1 Å². The van der Waals surface area contributed by atoms with E-state index in [9.17, 15) is 10.2 Å². The van der Waals surface area contributed by atoms with Crippen LogP contribution in [0.1, 0.15) is 51.3 Å². The van der Waals surface area contributed by atoms with E-state index in [-0.39, 0.29) is 12.6 Å². The lowest BCUT2D eigenvalue weighted by molar-refractivity contribution is 0.0905. The number of benzene rings is 1. The summed E-state index contributed by atoms with van der Waals surface area (Å²) in [5.41, 5.74) is 4.10. The van der Waals surface area contributed by atoms with E-state index in [1.165, 1.54) is 0 Å². The molecule has 35 heavy (non-hydrogen) atoms. The smallest absolute Gasteiger partial charge is 0.160 e. The lowest BCUT2D eigenvalue weighted by atomic mass is 10.0. The fourth-order valence-electron chi connectivity index (χ4n) is 4.31. The molecule has 0 amide bonds. The van der Waals surface area contributed by atoms with Gasteiger partial charge in [-0.05, 0) is 70.5 Å². The Kier molecular flexibility index (Phi) is 8.22. The molecule has 1 aliphatic heterocycles. The van der Waals surface area contributed by atoms with Gasteiger partial charge in [-0.1, -0.05) is 0 Å². The zero-order valence-electron chi connectivity index (χ0n) is 21.0. The van der Waals surface area contributed by atoms with Gasteiger partial charge in [0.2, 0.25) is 0 Å². The average molecular weight is 484 g/mol. The van der Waals surface area contributed by atoms with Crippen LogP contribution in [0, 0.1) is 0 Å². The van der Waals surface area contributed by atoms with Crippen LogP contribution in [0.25, 0.3) is 22.3 Å². The van der Waals surface area contributed by atoms with Gasteiger partial charge >= 0.3 is 0 Å². The molecule has 2 unspecified atom stereocenters. The minimum Gasteiger partial charge on any atom is -0.491 e. The summed E-state index contributed by atoms with van der Waals surface area (Å²) in [5.74, 6) is 0.576. The molecule has 1 fully saturated rings. The van der Waals surface area contributed by atoms with E-state index in [4.69, 9.17) is 14.5 Å². The van der Waals surface area contributed by atoms with Crippen molar-refractivity contribution >= 4 is 16.7 Å². The van der Waals surface area contributed by atoms with Crippen molar-refractivity contribution in [2.45, 2.75) is 57.9 Å². The largest absolute Gasteiger partial charge is 0.491 e. The fraction of sp³-hybridized carbons (Fsp3) is 0.538. The van der Waals surface area contributed by atoms with Gasteiger partial charge in [-0.3, -0.25) is 0 Å². The van der Waals surface area contributed by atoms with E-state index in [1.54, 1.807) is 20.0 Å². The van der Waals surface area contributed by atoms with Gasteiger partial charge in [0.25, 0.3) is 0 Å². The predicted molar refractivity (Wildman–Crippen MR) is 137 cm³/mol. The number of ether oxygens (including phenoxy) is 2. The Bertz CT molecular complexity index is 1120. The molecule has 4 N–H and O–H groups in total. The molecule has 0 radical (unpaired) electrons. The Morgan fingerprint density at radius 2 is 1.91 bits per heavy atom. The van der Waals surface area contributed by atoms with Gasteiger partial charge in [-0.25, -0.2) is 9.67 Å². The Morgan fingerprint density at radius 3 is 2.60 bits per heavy atom. The molecule has 9 heteroatoms. The summed E-state index contributed by atoms with van der Waals surface area (Å²) in [7, 11) is 1.78. The first-order valence-corrected chi connectivity index (χ1v) is 12.4. The first kappa shape index (κ1) is 25.4. The maximum absolute atomic E-state index is 10.3. The van der Waals surface area contributed by atoms with Crippen LogP contribution in [0.2, 0.25) is 0 Å². The molecule has 2 aromatic heterocycles. The number of hydrogen-bond acceptors (Lipinski definition) is 8. The molecule has 2 atom stereocenters. The van der Waals surface area contributed by atoms with Gasteiger partial charge < -0.3 is 30.3 Å². The second-order valence-corrected chi connectivity index (χ2v) is 9.50. The molecule has 0 saturated carbocycles. The molecule has 4 rings (SSSR count). The molecule has 9 nitrogen and oxygen atoms in total. The number of anilines is 1. The van der Waals surface area contributed by atoms with E-state index in [0.717, 1.165) is 59.6 Å². The van der Waals surface area contributed by atoms with Crippen molar-refractivity contribution in [1.82, 2.24) is 20.1 Å². The average Bonchev–Trinajstić information content (AvgIpc) is 3.28. The Labute approximate surface area is 206 Å². The third kappa shape index (κ3) is 6.10. The molecule has 3 heterocycles. The van der Waals surface area contributed by atoms with Crippen molar-refractivity contribution in [3.05, 3.63) is 36.0 Å². The zero-order chi connectivity index (χ0) is 24.9. The summed E-state index contributed by atoms with van der Waals surface area (Å²) < 4.78 is 13.3. The number of aliphatic hydroxyl groups is 2. The van der Waals surface area contributed by atoms with Crippen LogP contribution in [0.5, 0.6) is 5.75 Å². The van der Waals surface area contributed by atoms with Crippen LogP contribution in [0.15, 0.2) is 30.5 Å². The molecular formula is C26H37N5O4. The van der Waals surface area contributed by atoms with Crippen molar-refractivity contribution < 1.29 is 19.7 Å². The van der Waals surface area contributed by atoms with Crippen LogP contribution in [-0.4, -0.2) is 70.5 Å². The SMILES string of the molecule is CNCC(O)COc1cc(-c2cc(NC3CCOCC3)c3cnn(C(C)C)c3n2)cc(C(C)O)c1. The number of hydrogen-bond donors (Lipinski definition) is 4. The molecule has 0 aliphatic carbocycles. The minimum atomic E-state index is -0.677. The molecule has 1 aliphatic rings. The molecular weight excluding hydrogens is 446 g/mol. The first-order chi connectivity index (χ1) is 16.9. The van der Waals surface area contributed by atoms with Gasteiger partial charge in [-0.15, -0.1) is 0 Å². The highest BCUT2D eigenvalue weighted by Gasteiger charge is 2.19. The van der Waals surface area contributed by atoms with Crippen molar-refractivity contribution in [2.24, 2.45) is 0 Å². The summed E-state index contributed by atoms with van der Waals surface area (Å²) in [6.45, 7) is 7.97. The Balaban J connectivity index is 1.76. The van der Waals surface area contributed by atoms with Crippen LogP contribution in [-0.2, 0) is 4.74 Å². The van der Waals surface area contributed by atoms with Gasteiger partial charge in [0.15, 0.2) is 5.65 Å². The molecule has 0 bridgehead atoms. The molecule has 1 saturated heterocycles. The summed E-state index contributed by atoms with van der Waals surface area (Å²) in [5, 5.41) is 32.6. The highest BCUT2D eigenvalue weighted by atomic mass is 16.5. The van der Waals surface area contributed by atoms with E-state index >= 15 is 0 Å². The van der Waals surface area contributed by atoms with Crippen LogP contribution < -0.4 is 15.4 Å². The molecule has 190 valence electrons. The summed E-state index contributed by atoms with van der Waals surface area (Å²) in [6, 6.07) is 8.16. The van der Waals surface area contributed by atoms with Gasteiger partial charge in [0.05, 0.1) is 23.4 Å². The molecule has 0 spiro atoms. The van der Waals surface area contributed by atoms with E-state index in [0.29, 0.717) is 18.3 Å². The third-order valence-electron chi connectivity index (χ3n) is 6.23. The van der Waals surface area contributed by atoms with E-state index < -0.39 is 12.2 Å². The third-order valence-corrected chi connectivity index (χ3v) is 6.23. The normalized spacial score (nSPS) is 16.5. The number of aromatic nitrogens is 3. The van der Waals surface area contributed by atoms with Crippen molar-refractivity contribution in [1.29, 1.82) is 0 Å². The highest BCUT2D eigenvalue weighted by Crippen LogP contribution is 2.34. The van der Waals surface area contributed by atoms with Crippen molar-refractivity contribution in [2.75, 3.05) is 38.7 Å². The number of likely N-dealkylation sites (N-methyl/N-ethyl adjacent to an activating group) is 1. The second-order valence-electron chi connectivity index (χ2n) is 9.50. The standard InChI is InChI=1S/C26H37N5O4/c1-16(2)31-26-23(14-28-31)25(29-20-5-7-34-8-6-20)12-24(30-26)19-9-18(17(3)32)10-22(11-19)35-15-21(33)13-27-4/h9-12,14,16-17,20-21,27,32-33H,5-8,13,15H2,1-4H3,(H,29,30). The zero-order valence-corrected chi connectivity index (χ0v) is 21.0. The van der Waals surface area contributed by atoms with Gasteiger partial charge in [0, 0.05) is 43.1 Å². The first-order valence-electron chi connectivity index (χ1n) is 12.4. The lowest BCUT2D eigenvalue weighted by Gasteiger charge is -2.25. The van der Waals surface area contributed by atoms with Gasteiger partial charge in [0.1, 0.15) is 18.5 Å². The van der Waals surface area contributed by atoms with Crippen molar-refractivity contribution in [3.63, 3.8) is 0 Å². The van der Waals surface area contributed by atoms with Crippen LogP contribution in [0.4, 0.5) is 5.69 Å². The quantitative estimate of drug-likeness (QED) is 0.347. The number of pyridine rings is 1. The Hall–Kier alpha value is -2.72. The lowest BCUT2D eigenvalue weighted by Crippen LogP contribution is -2.29. The summed E-state index contributed by atoms with van der Waals surface area (Å²) in [4.78, 5) is 4.99. The Morgan fingerprint density at radius 1 is 1.14 bits per heavy atom. The maximum Gasteiger partial charge on any atom is 0.160 e. The van der Waals surface area contributed by atoms with E-state index in [2.05, 4.69) is 29.6 Å². The fourth-order valence-corrected chi connectivity index (χ4v) is 4.31. The topological polar surface area (TPSA) is 114 Å². The summed E-state index contributed by atoms with van der Waals surface area (Å²) >= 11 is 0. The number of fused-ring (bicyclic) bond motifs is 1. The van der Waals surface area contributed by atoms with Crippen LogP contribution >= 0.6 is 0 Å². The number of nitrogens with one attached hydrogen (secondary N) is 2. The minimum absolute atomic E-state index is 0.146. The number of rotatable bonds is 10. The molecule has 1 aromatic carbocycles.